The number of benzene rings is 3. The molecule has 0 amide bonds. The third kappa shape index (κ3) is 3.11. The van der Waals surface area contributed by atoms with Gasteiger partial charge in [-0.2, -0.15) is 0 Å². The maximum absolute atomic E-state index is 11.9. The second-order valence-corrected chi connectivity index (χ2v) is 9.30. The Kier molecular flexibility index (Phi) is 4.33. The molecule has 144 valence electrons. The average molecular weight is 373 g/mol. The van der Waals surface area contributed by atoms with Crippen molar-refractivity contribution in [2.24, 2.45) is 0 Å². The third-order valence-corrected chi connectivity index (χ3v) is 6.45. The van der Waals surface area contributed by atoms with Crippen molar-refractivity contribution < 1.29 is 9.53 Å². The molecule has 0 fully saturated rings. The van der Waals surface area contributed by atoms with E-state index in [2.05, 4.69) is 64.1 Å². The van der Waals surface area contributed by atoms with E-state index in [-0.39, 0.29) is 16.8 Å². The molecule has 0 aliphatic heterocycles. The van der Waals surface area contributed by atoms with Crippen LogP contribution >= 0.6 is 0 Å². The Balaban J connectivity index is 1.83. The van der Waals surface area contributed by atoms with Crippen molar-refractivity contribution in [2.75, 3.05) is 7.11 Å². The number of methoxy groups -OCH3 is 1. The van der Waals surface area contributed by atoms with E-state index < -0.39 is 0 Å². The van der Waals surface area contributed by atoms with Crippen molar-refractivity contribution in [3.05, 3.63) is 71.3 Å². The van der Waals surface area contributed by atoms with Crippen molar-refractivity contribution in [1.29, 1.82) is 0 Å². The molecule has 0 aromatic heterocycles. The Bertz CT molecular complexity index is 1070. The van der Waals surface area contributed by atoms with Gasteiger partial charge in [-0.3, -0.25) is 0 Å². The molecule has 3 aromatic carbocycles. The van der Waals surface area contributed by atoms with Gasteiger partial charge in [0.25, 0.3) is 0 Å². The number of carbonyl (C=O) groups excluding carboxylic acids is 1. The minimum absolute atomic E-state index is 0.190. The molecule has 0 atom stereocenters. The van der Waals surface area contributed by atoms with Crippen LogP contribution < -0.4 is 0 Å². The highest BCUT2D eigenvalue weighted by Gasteiger charge is 2.36. The predicted octanol–water partition coefficient (Wildman–Crippen LogP) is 6.64. The van der Waals surface area contributed by atoms with Crippen LogP contribution in [0.5, 0.6) is 0 Å². The van der Waals surface area contributed by atoms with Crippen LogP contribution in [0.3, 0.4) is 0 Å². The van der Waals surface area contributed by atoms with E-state index in [0.717, 1.165) is 10.8 Å². The van der Waals surface area contributed by atoms with Crippen molar-refractivity contribution in [1.82, 2.24) is 0 Å². The number of hydrogen-bond acceptors (Lipinski definition) is 2. The molecule has 2 heteroatoms. The molecule has 4 rings (SSSR count). The lowest BCUT2D eigenvalue weighted by Crippen LogP contribution is -2.33. The monoisotopic (exact) mass is 372 g/mol. The van der Waals surface area contributed by atoms with Crippen LogP contribution in [0.2, 0.25) is 0 Å². The molecule has 2 nitrogen and oxygen atoms in total. The van der Waals surface area contributed by atoms with Crippen LogP contribution in [0.25, 0.3) is 21.9 Å². The number of hydrogen-bond donors (Lipinski definition) is 0. The molecule has 1 aliphatic carbocycles. The quantitative estimate of drug-likeness (QED) is 0.471. The van der Waals surface area contributed by atoms with Gasteiger partial charge in [0.2, 0.25) is 0 Å². The summed E-state index contributed by atoms with van der Waals surface area (Å²) < 4.78 is 4.87. The predicted molar refractivity (Wildman–Crippen MR) is 116 cm³/mol. The Morgan fingerprint density at radius 1 is 0.750 bits per heavy atom. The van der Waals surface area contributed by atoms with Crippen LogP contribution in [0.15, 0.2) is 54.6 Å². The van der Waals surface area contributed by atoms with Gasteiger partial charge in [-0.25, -0.2) is 4.79 Å². The Morgan fingerprint density at radius 2 is 1.36 bits per heavy atom. The standard InChI is InChI=1S/C26H28O2/c1-25(2)12-13-26(3,4)23-16-19(10-11-22(23)25)18-8-6-17-7-9-20(24(27)28-5)15-21(17)14-18/h6-11,14-16H,12-13H2,1-5H3. The van der Waals surface area contributed by atoms with Gasteiger partial charge in [0.1, 0.15) is 0 Å². The van der Waals surface area contributed by atoms with Crippen molar-refractivity contribution in [3.63, 3.8) is 0 Å². The molecule has 0 heterocycles. The van der Waals surface area contributed by atoms with Gasteiger partial charge in [0, 0.05) is 0 Å². The van der Waals surface area contributed by atoms with Gasteiger partial charge in [-0.1, -0.05) is 64.1 Å². The van der Waals surface area contributed by atoms with Crippen LogP contribution in [-0.4, -0.2) is 13.1 Å². The number of carbonyl (C=O) groups is 1. The lowest BCUT2D eigenvalue weighted by Gasteiger charge is -2.42. The second kappa shape index (κ2) is 6.48. The lowest BCUT2D eigenvalue weighted by molar-refractivity contribution is 0.0601. The van der Waals surface area contributed by atoms with E-state index in [9.17, 15) is 4.79 Å². The maximum atomic E-state index is 11.9. The first-order chi connectivity index (χ1) is 13.2. The SMILES string of the molecule is COC(=O)c1ccc2ccc(-c3ccc4c(c3)C(C)(C)CCC4(C)C)cc2c1. The summed E-state index contributed by atoms with van der Waals surface area (Å²) in [6.45, 7) is 9.41. The Morgan fingerprint density at radius 3 is 2.07 bits per heavy atom. The van der Waals surface area contributed by atoms with Crippen LogP contribution in [0.4, 0.5) is 0 Å². The third-order valence-electron chi connectivity index (χ3n) is 6.45. The summed E-state index contributed by atoms with van der Waals surface area (Å²) in [6.07, 6.45) is 2.43. The van der Waals surface area contributed by atoms with E-state index >= 15 is 0 Å². The van der Waals surface area contributed by atoms with Gasteiger partial charge in [0.15, 0.2) is 0 Å². The van der Waals surface area contributed by atoms with E-state index in [1.54, 1.807) is 0 Å². The fourth-order valence-electron chi connectivity index (χ4n) is 4.44. The molecule has 0 saturated heterocycles. The number of ether oxygens (including phenoxy) is 1. The minimum atomic E-state index is -0.301. The first kappa shape index (κ1) is 18.7. The average Bonchev–Trinajstić information content (AvgIpc) is 2.70. The summed E-state index contributed by atoms with van der Waals surface area (Å²) in [6, 6.07) is 19.1. The molecule has 0 saturated carbocycles. The van der Waals surface area contributed by atoms with Crippen LogP contribution in [-0.2, 0) is 15.6 Å². The second-order valence-electron chi connectivity index (χ2n) is 9.30. The van der Waals surface area contributed by atoms with E-state index in [1.165, 1.54) is 42.2 Å². The summed E-state index contributed by atoms with van der Waals surface area (Å²) >= 11 is 0. The molecule has 0 N–H and O–H groups in total. The first-order valence-electron chi connectivity index (χ1n) is 9.99. The van der Waals surface area contributed by atoms with E-state index in [1.807, 2.05) is 18.2 Å². The fraction of sp³-hybridized carbons (Fsp3) is 0.346. The Labute approximate surface area is 167 Å². The van der Waals surface area contributed by atoms with E-state index in [0.29, 0.717) is 5.56 Å². The highest BCUT2D eigenvalue weighted by molar-refractivity contribution is 5.96. The summed E-state index contributed by atoms with van der Waals surface area (Å²) in [7, 11) is 1.42. The summed E-state index contributed by atoms with van der Waals surface area (Å²) in [4.78, 5) is 11.9. The molecular weight excluding hydrogens is 344 g/mol. The highest BCUT2D eigenvalue weighted by Crippen LogP contribution is 2.46. The lowest BCUT2D eigenvalue weighted by atomic mass is 9.63. The summed E-state index contributed by atoms with van der Waals surface area (Å²) in [5.41, 5.74) is 6.34. The molecule has 3 aromatic rings. The maximum Gasteiger partial charge on any atom is 0.337 e. The number of fused-ring (bicyclic) bond motifs is 2. The van der Waals surface area contributed by atoms with Crippen LogP contribution in [0.1, 0.15) is 62.0 Å². The smallest absolute Gasteiger partial charge is 0.337 e. The van der Waals surface area contributed by atoms with Gasteiger partial charge in [0.05, 0.1) is 12.7 Å². The van der Waals surface area contributed by atoms with E-state index in [4.69, 9.17) is 4.74 Å². The molecule has 0 spiro atoms. The van der Waals surface area contributed by atoms with Gasteiger partial charge < -0.3 is 4.74 Å². The molecule has 0 radical (unpaired) electrons. The highest BCUT2D eigenvalue weighted by atomic mass is 16.5. The van der Waals surface area contributed by atoms with Crippen molar-refractivity contribution >= 4 is 16.7 Å². The zero-order chi connectivity index (χ0) is 20.1. The number of rotatable bonds is 2. The fourth-order valence-corrected chi connectivity index (χ4v) is 4.44. The van der Waals surface area contributed by atoms with Crippen molar-refractivity contribution in [3.8, 4) is 11.1 Å². The van der Waals surface area contributed by atoms with Gasteiger partial charge in [-0.05, 0) is 74.9 Å². The molecular formula is C26H28O2. The zero-order valence-electron chi connectivity index (χ0n) is 17.4. The van der Waals surface area contributed by atoms with Crippen LogP contribution in [0, 0.1) is 0 Å². The molecule has 0 unspecified atom stereocenters. The first-order valence-corrected chi connectivity index (χ1v) is 9.99. The largest absolute Gasteiger partial charge is 0.465 e. The summed E-state index contributed by atoms with van der Waals surface area (Å²) in [5.74, 6) is -0.301. The zero-order valence-corrected chi connectivity index (χ0v) is 17.4. The number of esters is 1. The Hall–Kier alpha value is -2.61. The molecule has 28 heavy (non-hydrogen) atoms. The molecule has 0 bridgehead atoms. The topological polar surface area (TPSA) is 26.3 Å². The summed E-state index contributed by atoms with van der Waals surface area (Å²) in [5, 5.41) is 2.17. The van der Waals surface area contributed by atoms with Gasteiger partial charge >= 0.3 is 5.97 Å². The van der Waals surface area contributed by atoms with Gasteiger partial charge in [-0.15, -0.1) is 0 Å². The molecule has 1 aliphatic rings. The minimum Gasteiger partial charge on any atom is -0.465 e. The normalized spacial score (nSPS) is 17.2. The van der Waals surface area contributed by atoms with Crippen molar-refractivity contribution in [2.45, 2.75) is 51.4 Å².